The van der Waals surface area contributed by atoms with Gasteiger partial charge in [0.1, 0.15) is 11.9 Å². The first-order valence-electron chi connectivity index (χ1n) is 9.35. The van der Waals surface area contributed by atoms with Gasteiger partial charge in [-0.3, -0.25) is 4.79 Å². The first kappa shape index (κ1) is 18.2. The van der Waals surface area contributed by atoms with Gasteiger partial charge in [0.05, 0.1) is 7.11 Å². The Morgan fingerprint density at radius 1 is 1.24 bits per heavy atom. The number of carbonyl (C=O) groups excluding carboxylic acids is 1. The highest BCUT2D eigenvalue weighted by atomic mass is 16.5. The molecular formula is C20H30N2O3. The number of aliphatic hydroxyl groups is 1. The fourth-order valence-electron chi connectivity index (χ4n) is 4.19. The lowest BCUT2D eigenvalue weighted by atomic mass is 9.84. The van der Waals surface area contributed by atoms with Crippen LogP contribution in [0.15, 0.2) is 24.3 Å². The number of ether oxygens (including phenoxy) is 1. The van der Waals surface area contributed by atoms with Gasteiger partial charge in [0.25, 0.3) is 5.91 Å². The molecular weight excluding hydrogens is 316 g/mol. The van der Waals surface area contributed by atoms with Gasteiger partial charge < -0.3 is 19.6 Å². The molecule has 0 bridgehead atoms. The molecule has 5 heteroatoms. The molecule has 2 aliphatic rings. The first-order chi connectivity index (χ1) is 12.1. The van der Waals surface area contributed by atoms with Crippen molar-refractivity contribution in [3.05, 3.63) is 29.8 Å². The predicted molar refractivity (Wildman–Crippen MR) is 97.6 cm³/mol. The summed E-state index contributed by atoms with van der Waals surface area (Å²) in [7, 11) is 3.80. The molecule has 3 rings (SSSR count). The number of hydrogen-bond donors (Lipinski definition) is 1. The summed E-state index contributed by atoms with van der Waals surface area (Å²) in [5.74, 6) is 1.95. The maximum atomic E-state index is 12.6. The summed E-state index contributed by atoms with van der Waals surface area (Å²) >= 11 is 0. The maximum absolute atomic E-state index is 12.6. The summed E-state index contributed by atoms with van der Waals surface area (Å²) < 4.78 is 5.21. The van der Waals surface area contributed by atoms with Crippen molar-refractivity contribution in [1.29, 1.82) is 0 Å². The second kappa shape index (κ2) is 8.19. The zero-order chi connectivity index (χ0) is 17.8. The number of nitrogens with zero attached hydrogens (tertiary/aromatic N) is 2. The molecule has 0 radical (unpaired) electrons. The van der Waals surface area contributed by atoms with Crippen LogP contribution in [0.3, 0.4) is 0 Å². The van der Waals surface area contributed by atoms with Crippen LogP contribution in [0.1, 0.15) is 24.8 Å². The maximum Gasteiger partial charge on any atom is 0.251 e. The van der Waals surface area contributed by atoms with Gasteiger partial charge in [-0.1, -0.05) is 12.1 Å². The van der Waals surface area contributed by atoms with Gasteiger partial charge in [-0.05, 0) is 68.9 Å². The Morgan fingerprint density at radius 3 is 2.68 bits per heavy atom. The van der Waals surface area contributed by atoms with E-state index in [9.17, 15) is 9.90 Å². The van der Waals surface area contributed by atoms with Crippen LogP contribution in [0.5, 0.6) is 5.75 Å². The fraction of sp³-hybridized carbons (Fsp3) is 0.650. The zero-order valence-electron chi connectivity index (χ0n) is 15.4. The molecule has 0 spiro atoms. The number of hydrogen-bond acceptors (Lipinski definition) is 4. The van der Waals surface area contributed by atoms with E-state index in [1.165, 1.54) is 12.8 Å². The minimum absolute atomic E-state index is 0.127. The molecule has 1 N–H and O–H groups in total. The smallest absolute Gasteiger partial charge is 0.251 e. The van der Waals surface area contributed by atoms with Crippen LogP contribution in [0.2, 0.25) is 0 Å². The normalized spacial score (nSPS) is 23.6. The predicted octanol–water partition coefficient (Wildman–Crippen LogP) is 1.79. The van der Waals surface area contributed by atoms with Crippen molar-refractivity contribution in [3.8, 4) is 5.75 Å². The average Bonchev–Trinajstić information content (AvgIpc) is 3.12. The molecule has 1 aromatic rings. The van der Waals surface area contributed by atoms with Crippen molar-refractivity contribution in [3.63, 3.8) is 0 Å². The Labute approximate surface area is 150 Å². The molecule has 1 amide bonds. The second-order valence-electron chi connectivity index (χ2n) is 7.55. The molecule has 25 heavy (non-hydrogen) atoms. The number of benzene rings is 1. The highest BCUT2D eigenvalue weighted by Gasteiger charge is 2.34. The van der Waals surface area contributed by atoms with E-state index in [1.807, 2.05) is 29.2 Å². The monoisotopic (exact) mass is 346 g/mol. The summed E-state index contributed by atoms with van der Waals surface area (Å²) in [6, 6.07) is 7.55. The second-order valence-corrected chi connectivity index (χ2v) is 7.55. The molecule has 0 aromatic heterocycles. The molecule has 2 unspecified atom stereocenters. The molecule has 0 saturated carbocycles. The summed E-state index contributed by atoms with van der Waals surface area (Å²) in [6.45, 7) is 3.91. The van der Waals surface area contributed by atoms with E-state index in [4.69, 9.17) is 4.74 Å². The molecule has 138 valence electrons. The summed E-state index contributed by atoms with van der Waals surface area (Å²) in [4.78, 5) is 16.9. The zero-order valence-corrected chi connectivity index (χ0v) is 15.4. The number of likely N-dealkylation sites (tertiary alicyclic amines) is 2. The van der Waals surface area contributed by atoms with E-state index in [0.29, 0.717) is 12.3 Å². The van der Waals surface area contributed by atoms with Gasteiger partial charge in [0.15, 0.2) is 0 Å². The van der Waals surface area contributed by atoms with Crippen LogP contribution in [0.4, 0.5) is 0 Å². The third-order valence-electron chi connectivity index (χ3n) is 5.81. The Kier molecular flexibility index (Phi) is 5.97. The topological polar surface area (TPSA) is 53.0 Å². The molecule has 2 saturated heterocycles. The highest BCUT2D eigenvalue weighted by molar-refractivity contribution is 5.81. The third kappa shape index (κ3) is 4.53. The number of carbonyl (C=O) groups is 1. The van der Waals surface area contributed by atoms with Crippen LogP contribution >= 0.6 is 0 Å². The van der Waals surface area contributed by atoms with Crippen molar-refractivity contribution in [1.82, 2.24) is 9.80 Å². The van der Waals surface area contributed by atoms with Gasteiger partial charge >= 0.3 is 0 Å². The SMILES string of the molecule is COc1cccc(CC(O)C(=O)N2CCC(C3CCN(C)CC3)C2)c1. The van der Waals surface area contributed by atoms with Crippen molar-refractivity contribution < 1.29 is 14.6 Å². The molecule has 2 fully saturated rings. The third-order valence-corrected chi connectivity index (χ3v) is 5.81. The van der Waals surface area contributed by atoms with Gasteiger partial charge in [-0.15, -0.1) is 0 Å². The Hall–Kier alpha value is -1.59. The van der Waals surface area contributed by atoms with Crippen molar-refractivity contribution in [2.45, 2.75) is 31.8 Å². The molecule has 2 aliphatic heterocycles. The van der Waals surface area contributed by atoms with Gasteiger partial charge in [-0.25, -0.2) is 0 Å². The summed E-state index contributed by atoms with van der Waals surface area (Å²) in [5.41, 5.74) is 0.922. The molecule has 2 atom stereocenters. The lowest BCUT2D eigenvalue weighted by Crippen LogP contribution is -2.40. The Morgan fingerprint density at radius 2 is 1.96 bits per heavy atom. The van der Waals surface area contributed by atoms with E-state index < -0.39 is 6.10 Å². The number of amides is 1. The van der Waals surface area contributed by atoms with Crippen LogP contribution < -0.4 is 4.74 Å². The summed E-state index contributed by atoms with van der Waals surface area (Å²) in [6.07, 6.45) is 2.91. The highest BCUT2D eigenvalue weighted by Crippen LogP contribution is 2.31. The van der Waals surface area contributed by atoms with Crippen LogP contribution in [-0.2, 0) is 11.2 Å². The molecule has 5 nitrogen and oxygen atoms in total. The first-order valence-corrected chi connectivity index (χ1v) is 9.35. The van der Waals surface area contributed by atoms with E-state index in [2.05, 4.69) is 11.9 Å². The van der Waals surface area contributed by atoms with Crippen LogP contribution in [0.25, 0.3) is 0 Å². The number of piperidine rings is 1. The lowest BCUT2D eigenvalue weighted by molar-refractivity contribution is -0.139. The average molecular weight is 346 g/mol. The fourth-order valence-corrected chi connectivity index (χ4v) is 4.19. The van der Waals surface area contributed by atoms with Gasteiger partial charge in [0.2, 0.25) is 0 Å². The van der Waals surface area contributed by atoms with Crippen LogP contribution in [0, 0.1) is 11.8 Å². The van der Waals surface area contributed by atoms with Crippen LogP contribution in [-0.4, -0.2) is 67.3 Å². The van der Waals surface area contributed by atoms with Crippen molar-refractivity contribution in [2.75, 3.05) is 40.3 Å². The quantitative estimate of drug-likeness (QED) is 0.883. The Bertz CT molecular complexity index is 584. The number of methoxy groups -OCH3 is 1. The number of aliphatic hydroxyl groups excluding tert-OH is 1. The standard InChI is InChI=1S/C20H30N2O3/c1-21-9-6-16(7-10-21)17-8-11-22(14-17)20(24)19(23)13-15-4-3-5-18(12-15)25-2/h3-5,12,16-17,19,23H,6-11,13-14H2,1-2H3. The Balaban J connectivity index is 1.52. The summed E-state index contributed by atoms with van der Waals surface area (Å²) in [5, 5.41) is 10.4. The van der Waals surface area contributed by atoms with E-state index in [1.54, 1.807) is 7.11 Å². The van der Waals surface area contributed by atoms with E-state index in [-0.39, 0.29) is 5.91 Å². The van der Waals surface area contributed by atoms with Gasteiger partial charge in [-0.2, -0.15) is 0 Å². The lowest BCUT2D eigenvalue weighted by Gasteiger charge is -2.32. The molecule has 2 heterocycles. The van der Waals surface area contributed by atoms with Crippen molar-refractivity contribution >= 4 is 5.91 Å². The largest absolute Gasteiger partial charge is 0.497 e. The minimum Gasteiger partial charge on any atom is -0.497 e. The number of rotatable bonds is 5. The van der Waals surface area contributed by atoms with E-state index in [0.717, 1.165) is 49.8 Å². The minimum atomic E-state index is -0.969. The van der Waals surface area contributed by atoms with Crippen molar-refractivity contribution in [2.24, 2.45) is 11.8 Å². The molecule has 0 aliphatic carbocycles. The molecule has 1 aromatic carbocycles. The van der Waals surface area contributed by atoms with E-state index >= 15 is 0 Å². The van der Waals surface area contributed by atoms with Gasteiger partial charge in [0, 0.05) is 19.5 Å².